The monoisotopic (exact) mass is 185 g/mol. The van der Waals surface area contributed by atoms with Gasteiger partial charge in [-0.1, -0.05) is 5.57 Å². The van der Waals surface area contributed by atoms with Gasteiger partial charge in [0.25, 0.3) is 0 Å². The van der Waals surface area contributed by atoms with Crippen LogP contribution < -0.4 is 5.32 Å². The molecule has 0 heterocycles. The van der Waals surface area contributed by atoms with Crippen molar-refractivity contribution in [2.75, 3.05) is 26.8 Å². The third kappa shape index (κ3) is 9.24. The third-order valence-corrected chi connectivity index (χ3v) is 1.64. The molecule has 0 aromatic rings. The van der Waals surface area contributed by atoms with Crippen molar-refractivity contribution in [2.45, 2.75) is 19.8 Å². The molecule has 0 aliphatic heterocycles. The second-order valence-corrected chi connectivity index (χ2v) is 3.17. The maximum atomic E-state index is 11.2. The van der Waals surface area contributed by atoms with Crippen molar-refractivity contribution >= 4 is 5.78 Å². The first kappa shape index (κ1) is 12.3. The highest BCUT2D eigenvalue weighted by Crippen LogP contribution is 1.99. The van der Waals surface area contributed by atoms with Crippen LogP contribution in [-0.2, 0) is 9.53 Å². The zero-order chi connectivity index (χ0) is 10.1. The van der Waals surface area contributed by atoms with E-state index in [0.717, 1.165) is 18.5 Å². The smallest absolute Gasteiger partial charge is 0.146 e. The molecular weight excluding hydrogens is 166 g/mol. The highest BCUT2D eigenvalue weighted by Gasteiger charge is 2.00. The molecule has 0 aromatic heterocycles. The van der Waals surface area contributed by atoms with Crippen LogP contribution in [-0.4, -0.2) is 32.6 Å². The average Bonchev–Trinajstić information content (AvgIpc) is 2.09. The first-order chi connectivity index (χ1) is 6.16. The summed E-state index contributed by atoms with van der Waals surface area (Å²) in [6.07, 6.45) is 1.39. The van der Waals surface area contributed by atoms with E-state index < -0.39 is 0 Å². The number of hydrogen-bond acceptors (Lipinski definition) is 3. The van der Waals surface area contributed by atoms with Gasteiger partial charge in [0.05, 0.1) is 13.2 Å². The maximum Gasteiger partial charge on any atom is 0.146 e. The SMILES string of the molecule is C=C(C)CCC(=O)CNCCOC. The van der Waals surface area contributed by atoms with Gasteiger partial charge in [-0.2, -0.15) is 0 Å². The van der Waals surface area contributed by atoms with Gasteiger partial charge in [-0.05, 0) is 13.3 Å². The van der Waals surface area contributed by atoms with Gasteiger partial charge in [-0.25, -0.2) is 0 Å². The van der Waals surface area contributed by atoms with Gasteiger partial charge in [0.15, 0.2) is 0 Å². The summed E-state index contributed by atoms with van der Waals surface area (Å²) in [6, 6.07) is 0. The topological polar surface area (TPSA) is 38.3 Å². The average molecular weight is 185 g/mol. The van der Waals surface area contributed by atoms with Crippen molar-refractivity contribution in [1.29, 1.82) is 0 Å². The molecule has 0 unspecified atom stereocenters. The number of carbonyl (C=O) groups excluding carboxylic acids is 1. The first-order valence-electron chi connectivity index (χ1n) is 4.52. The predicted octanol–water partition coefficient (Wildman–Crippen LogP) is 1.15. The van der Waals surface area contributed by atoms with Crippen LogP contribution in [0.3, 0.4) is 0 Å². The van der Waals surface area contributed by atoms with Crippen LogP contribution >= 0.6 is 0 Å². The molecule has 0 spiro atoms. The van der Waals surface area contributed by atoms with Crippen LogP contribution in [0.25, 0.3) is 0 Å². The molecule has 0 aliphatic carbocycles. The van der Waals surface area contributed by atoms with Crippen molar-refractivity contribution < 1.29 is 9.53 Å². The summed E-state index contributed by atoms with van der Waals surface area (Å²) in [4.78, 5) is 11.2. The molecule has 0 aromatic carbocycles. The number of ether oxygens (including phenoxy) is 1. The Bertz CT molecular complexity index is 166. The van der Waals surface area contributed by atoms with E-state index in [1.807, 2.05) is 6.92 Å². The number of nitrogens with one attached hydrogen (secondary N) is 1. The Morgan fingerprint density at radius 2 is 2.15 bits per heavy atom. The maximum absolute atomic E-state index is 11.2. The molecule has 0 rings (SSSR count). The lowest BCUT2D eigenvalue weighted by molar-refractivity contribution is -0.118. The van der Waals surface area contributed by atoms with Gasteiger partial charge < -0.3 is 10.1 Å². The highest BCUT2D eigenvalue weighted by atomic mass is 16.5. The number of ketones is 1. The summed E-state index contributed by atoms with van der Waals surface area (Å²) in [7, 11) is 1.64. The number of hydrogen-bond donors (Lipinski definition) is 1. The van der Waals surface area contributed by atoms with Gasteiger partial charge in [0.1, 0.15) is 5.78 Å². The minimum absolute atomic E-state index is 0.235. The fraction of sp³-hybridized carbons (Fsp3) is 0.700. The van der Waals surface area contributed by atoms with Crippen LogP contribution in [0.1, 0.15) is 19.8 Å². The quantitative estimate of drug-likeness (QED) is 0.455. The molecule has 0 amide bonds. The fourth-order valence-electron chi connectivity index (χ4n) is 0.843. The van der Waals surface area contributed by atoms with Gasteiger partial charge in [0.2, 0.25) is 0 Å². The summed E-state index contributed by atoms with van der Waals surface area (Å²) < 4.78 is 4.83. The summed E-state index contributed by atoms with van der Waals surface area (Å²) >= 11 is 0. The minimum atomic E-state index is 0.235. The molecule has 0 atom stereocenters. The van der Waals surface area contributed by atoms with Crippen LogP contribution in [0.5, 0.6) is 0 Å². The normalized spacial score (nSPS) is 10.0. The molecule has 0 radical (unpaired) electrons. The van der Waals surface area contributed by atoms with E-state index in [0.29, 0.717) is 19.6 Å². The third-order valence-electron chi connectivity index (χ3n) is 1.64. The van der Waals surface area contributed by atoms with Crippen LogP contribution in [0.15, 0.2) is 12.2 Å². The Morgan fingerprint density at radius 1 is 1.46 bits per heavy atom. The van der Waals surface area contributed by atoms with E-state index in [-0.39, 0.29) is 5.78 Å². The largest absolute Gasteiger partial charge is 0.383 e. The number of Topliss-reactive ketones (excluding diaryl/α,β-unsaturated/α-hetero) is 1. The van der Waals surface area contributed by atoms with Crippen molar-refractivity contribution in [2.24, 2.45) is 0 Å². The molecule has 76 valence electrons. The molecule has 0 aliphatic rings. The molecule has 0 fully saturated rings. The Kier molecular flexibility index (Phi) is 7.54. The van der Waals surface area contributed by atoms with E-state index in [9.17, 15) is 4.79 Å². The number of carbonyl (C=O) groups is 1. The number of rotatable bonds is 8. The van der Waals surface area contributed by atoms with E-state index in [1.54, 1.807) is 7.11 Å². The van der Waals surface area contributed by atoms with E-state index >= 15 is 0 Å². The molecular formula is C10H19NO2. The van der Waals surface area contributed by atoms with Crippen LogP contribution in [0.2, 0.25) is 0 Å². The van der Waals surface area contributed by atoms with Crippen LogP contribution in [0, 0.1) is 0 Å². The Labute approximate surface area is 80.2 Å². The number of allylic oxidation sites excluding steroid dienone is 1. The summed E-state index contributed by atoms with van der Waals surface area (Å²) in [6.45, 7) is 7.50. The second kappa shape index (κ2) is 7.95. The lowest BCUT2D eigenvalue weighted by Crippen LogP contribution is -2.26. The van der Waals surface area contributed by atoms with Crippen molar-refractivity contribution in [3.63, 3.8) is 0 Å². The molecule has 3 nitrogen and oxygen atoms in total. The molecule has 0 saturated carbocycles. The lowest BCUT2D eigenvalue weighted by atomic mass is 10.1. The van der Waals surface area contributed by atoms with E-state index in [2.05, 4.69) is 11.9 Å². The van der Waals surface area contributed by atoms with Gasteiger partial charge in [-0.15, -0.1) is 6.58 Å². The van der Waals surface area contributed by atoms with Crippen molar-refractivity contribution in [1.82, 2.24) is 5.32 Å². The Balaban J connectivity index is 3.25. The Hall–Kier alpha value is -0.670. The minimum Gasteiger partial charge on any atom is -0.383 e. The molecule has 0 bridgehead atoms. The standard InChI is InChI=1S/C10H19NO2/c1-9(2)4-5-10(12)8-11-6-7-13-3/h11H,1,4-8H2,2-3H3. The zero-order valence-corrected chi connectivity index (χ0v) is 8.56. The second-order valence-electron chi connectivity index (χ2n) is 3.17. The van der Waals surface area contributed by atoms with Crippen molar-refractivity contribution in [3.05, 3.63) is 12.2 Å². The van der Waals surface area contributed by atoms with Gasteiger partial charge >= 0.3 is 0 Å². The molecule has 3 heteroatoms. The predicted molar refractivity (Wildman–Crippen MR) is 53.8 cm³/mol. The van der Waals surface area contributed by atoms with E-state index in [4.69, 9.17) is 4.74 Å². The van der Waals surface area contributed by atoms with Gasteiger partial charge in [0, 0.05) is 20.1 Å². The Morgan fingerprint density at radius 3 is 2.69 bits per heavy atom. The first-order valence-corrected chi connectivity index (χ1v) is 4.52. The lowest BCUT2D eigenvalue weighted by Gasteiger charge is -2.02. The zero-order valence-electron chi connectivity index (χ0n) is 8.56. The van der Waals surface area contributed by atoms with Crippen LogP contribution in [0.4, 0.5) is 0 Å². The van der Waals surface area contributed by atoms with Crippen molar-refractivity contribution in [3.8, 4) is 0 Å². The number of methoxy groups -OCH3 is 1. The van der Waals surface area contributed by atoms with Gasteiger partial charge in [-0.3, -0.25) is 4.79 Å². The molecule has 13 heavy (non-hydrogen) atoms. The fourth-order valence-corrected chi connectivity index (χ4v) is 0.843. The highest BCUT2D eigenvalue weighted by molar-refractivity contribution is 5.80. The van der Waals surface area contributed by atoms with E-state index in [1.165, 1.54) is 0 Å². The summed E-state index contributed by atoms with van der Waals surface area (Å²) in [5.41, 5.74) is 1.06. The molecule has 1 N–H and O–H groups in total. The summed E-state index contributed by atoms with van der Waals surface area (Å²) in [5.74, 6) is 0.235. The summed E-state index contributed by atoms with van der Waals surface area (Å²) in [5, 5.41) is 3.01. The molecule has 0 saturated heterocycles.